The Bertz CT molecular complexity index is 690. The van der Waals surface area contributed by atoms with Crippen LogP contribution in [-0.4, -0.2) is 14.6 Å². The van der Waals surface area contributed by atoms with Crippen molar-refractivity contribution >= 4 is 27.8 Å². The minimum absolute atomic E-state index is 0.0877. The summed E-state index contributed by atoms with van der Waals surface area (Å²) in [6.45, 7) is 1.79. The maximum Gasteiger partial charge on any atom is 0.276 e. The van der Waals surface area contributed by atoms with Gasteiger partial charge < -0.3 is 4.42 Å². The van der Waals surface area contributed by atoms with Gasteiger partial charge in [-0.25, -0.2) is 0 Å². The smallest absolute Gasteiger partial charge is 0.276 e. The number of furan rings is 1. The highest BCUT2D eigenvalue weighted by molar-refractivity contribution is 7.89. The third kappa shape index (κ3) is 3.59. The van der Waals surface area contributed by atoms with Gasteiger partial charge in [-0.05, 0) is 43.3 Å². The van der Waals surface area contributed by atoms with E-state index in [-0.39, 0.29) is 4.90 Å². The summed E-state index contributed by atoms with van der Waals surface area (Å²) in [5.74, 6) is 1.19. The van der Waals surface area contributed by atoms with Gasteiger partial charge in [0.05, 0.1) is 11.1 Å². The second-order valence-electron chi connectivity index (χ2n) is 3.76. The molecule has 19 heavy (non-hydrogen) atoms. The van der Waals surface area contributed by atoms with E-state index in [1.54, 1.807) is 19.1 Å². The molecule has 2 aromatic rings. The molecular weight excluding hydrogens is 288 g/mol. The van der Waals surface area contributed by atoms with E-state index in [2.05, 4.69) is 9.93 Å². The van der Waals surface area contributed by atoms with E-state index < -0.39 is 10.0 Å². The van der Waals surface area contributed by atoms with Crippen LogP contribution in [0.4, 0.5) is 0 Å². The van der Waals surface area contributed by atoms with Crippen LogP contribution >= 0.6 is 11.6 Å². The van der Waals surface area contributed by atoms with Gasteiger partial charge in [0.25, 0.3) is 10.0 Å². The molecule has 0 fully saturated rings. The minimum Gasteiger partial charge on any atom is -0.460 e. The highest BCUT2D eigenvalue weighted by atomic mass is 35.5. The fourth-order valence-corrected chi connectivity index (χ4v) is 2.27. The van der Waals surface area contributed by atoms with Crippen LogP contribution in [0.2, 0.25) is 5.02 Å². The molecule has 0 aliphatic carbocycles. The van der Waals surface area contributed by atoms with Gasteiger partial charge in [-0.1, -0.05) is 11.6 Å². The summed E-state index contributed by atoms with van der Waals surface area (Å²) < 4.78 is 28.9. The second-order valence-corrected chi connectivity index (χ2v) is 5.85. The molecule has 0 saturated heterocycles. The molecule has 1 heterocycles. The first-order valence-corrected chi connectivity index (χ1v) is 7.20. The fourth-order valence-electron chi connectivity index (χ4n) is 1.35. The van der Waals surface area contributed by atoms with Crippen LogP contribution in [-0.2, 0) is 10.0 Å². The molecule has 0 atom stereocenters. The molecule has 0 unspecified atom stereocenters. The van der Waals surface area contributed by atoms with E-state index in [0.717, 1.165) is 5.76 Å². The number of sulfonamides is 1. The van der Waals surface area contributed by atoms with Gasteiger partial charge in [0.2, 0.25) is 0 Å². The molecule has 100 valence electrons. The minimum atomic E-state index is -3.69. The molecule has 1 aromatic heterocycles. The number of benzene rings is 1. The molecule has 5 nitrogen and oxygen atoms in total. The molecule has 0 spiro atoms. The number of nitrogens with zero attached hydrogens (tertiary/aromatic N) is 1. The molecule has 0 aliphatic heterocycles. The van der Waals surface area contributed by atoms with Crippen LogP contribution in [0.5, 0.6) is 0 Å². The highest BCUT2D eigenvalue weighted by Crippen LogP contribution is 2.13. The molecule has 0 bridgehead atoms. The second kappa shape index (κ2) is 5.46. The summed E-state index contributed by atoms with van der Waals surface area (Å²) in [5.41, 5.74) is 0. The Morgan fingerprint density at radius 2 is 1.89 bits per heavy atom. The van der Waals surface area contributed by atoms with Gasteiger partial charge >= 0.3 is 0 Å². The Morgan fingerprint density at radius 3 is 2.47 bits per heavy atom. The molecule has 1 N–H and O–H groups in total. The maximum absolute atomic E-state index is 11.8. The number of halogens is 1. The van der Waals surface area contributed by atoms with Crippen LogP contribution in [0.3, 0.4) is 0 Å². The van der Waals surface area contributed by atoms with E-state index in [0.29, 0.717) is 10.8 Å². The molecule has 0 saturated carbocycles. The largest absolute Gasteiger partial charge is 0.460 e. The van der Waals surface area contributed by atoms with Gasteiger partial charge in [0.1, 0.15) is 11.5 Å². The number of aryl methyl sites for hydroxylation is 1. The summed E-state index contributed by atoms with van der Waals surface area (Å²) >= 11 is 5.69. The standard InChI is InChI=1S/C12H11ClN2O3S/c1-9-2-5-11(18-9)8-14-15-19(16,17)12-6-3-10(13)4-7-12/h2-8,15H,1H3. The van der Waals surface area contributed by atoms with Crippen molar-refractivity contribution in [2.75, 3.05) is 0 Å². The summed E-state index contributed by atoms with van der Waals surface area (Å²) in [6, 6.07) is 9.24. The van der Waals surface area contributed by atoms with Crippen molar-refractivity contribution in [3.63, 3.8) is 0 Å². The number of hydrogen-bond acceptors (Lipinski definition) is 4. The van der Waals surface area contributed by atoms with Gasteiger partial charge in [-0.15, -0.1) is 0 Å². The van der Waals surface area contributed by atoms with Crippen LogP contribution in [0.15, 0.2) is 50.8 Å². The summed E-state index contributed by atoms with van der Waals surface area (Å²) in [5, 5.41) is 4.10. The Kier molecular flexibility index (Phi) is 3.92. The third-order valence-electron chi connectivity index (χ3n) is 2.25. The van der Waals surface area contributed by atoms with Crippen LogP contribution in [0.1, 0.15) is 11.5 Å². The summed E-state index contributed by atoms with van der Waals surface area (Å²) in [4.78, 5) is 2.18. The van der Waals surface area contributed by atoms with Gasteiger partial charge in [-0.2, -0.15) is 18.4 Å². The lowest BCUT2D eigenvalue weighted by Crippen LogP contribution is -2.18. The zero-order valence-corrected chi connectivity index (χ0v) is 11.6. The Labute approximate surface area is 115 Å². The first-order chi connectivity index (χ1) is 8.97. The molecular formula is C12H11ClN2O3S. The quantitative estimate of drug-likeness (QED) is 0.696. The summed E-state index contributed by atoms with van der Waals surface area (Å²) in [6.07, 6.45) is 1.29. The monoisotopic (exact) mass is 298 g/mol. The van der Waals surface area contributed by atoms with Crippen molar-refractivity contribution < 1.29 is 12.8 Å². The van der Waals surface area contributed by atoms with Gasteiger partial charge in [0, 0.05) is 5.02 Å². The number of hydrogen-bond donors (Lipinski definition) is 1. The summed E-state index contributed by atoms with van der Waals surface area (Å²) in [7, 11) is -3.69. The van der Waals surface area contributed by atoms with E-state index >= 15 is 0 Å². The Balaban J connectivity index is 2.09. The van der Waals surface area contributed by atoms with Crippen molar-refractivity contribution in [3.8, 4) is 0 Å². The van der Waals surface area contributed by atoms with Crippen molar-refractivity contribution in [1.29, 1.82) is 0 Å². The van der Waals surface area contributed by atoms with E-state index in [1.807, 2.05) is 0 Å². The van der Waals surface area contributed by atoms with E-state index in [4.69, 9.17) is 16.0 Å². The Morgan fingerprint density at radius 1 is 1.21 bits per heavy atom. The van der Waals surface area contributed by atoms with Crippen LogP contribution in [0, 0.1) is 6.92 Å². The average Bonchev–Trinajstić information content (AvgIpc) is 2.75. The van der Waals surface area contributed by atoms with Crippen LogP contribution < -0.4 is 4.83 Å². The SMILES string of the molecule is Cc1ccc(C=NNS(=O)(=O)c2ccc(Cl)cc2)o1. The predicted octanol–water partition coefficient (Wildman–Crippen LogP) is 2.55. The van der Waals surface area contributed by atoms with Crippen molar-refractivity contribution in [3.05, 3.63) is 52.9 Å². The van der Waals surface area contributed by atoms with Gasteiger partial charge in [0.15, 0.2) is 0 Å². The van der Waals surface area contributed by atoms with Crippen molar-refractivity contribution in [2.45, 2.75) is 11.8 Å². The third-order valence-corrected chi connectivity index (χ3v) is 3.74. The predicted molar refractivity (Wildman–Crippen MR) is 72.8 cm³/mol. The lowest BCUT2D eigenvalue weighted by atomic mass is 10.4. The van der Waals surface area contributed by atoms with Crippen molar-refractivity contribution in [1.82, 2.24) is 4.83 Å². The molecule has 7 heteroatoms. The Hall–Kier alpha value is -1.79. The van der Waals surface area contributed by atoms with E-state index in [1.165, 1.54) is 30.5 Å². The first-order valence-electron chi connectivity index (χ1n) is 5.34. The molecule has 1 aromatic carbocycles. The van der Waals surface area contributed by atoms with Crippen LogP contribution in [0.25, 0.3) is 0 Å². The molecule has 0 amide bonds. The normalized spacial score (nSPS) is 11.9. The van der Waals surface area contributed by atoms with E-state index in [9.17, 15) is 8.42 Å². The zero-order chi connectivity index (χ0) is 13.9. The number of hydrazone groups is 1. The van der Waals surface area contributed by atoms with Crippen molar-refractivity contribution in [2.24, 2.45) is 5.10 Å². The molecule has 2 rings (SSSR count). The lowest BCUT2D eigenvalue weighted by molar-refractivity contribution is 0.527. The first kappa shape index (κ1) is 13.6. The average molecular weight is 299 g/mol. The number of nitrogens with one attached hydrogen (secondary N) is 1. The topological polar surface area (TPSA) is 71.7 Å². The highest BCUT2D eigenvalue weighted by Gasteiger charge is 2.11. The zero-order valence-electron chi connectivity index (χ0n) is 10.00. The van der Waals surface area contributed by atoms with Gasteiger partial charge in [-0.3, -0.25) is 0 Å². The fraction of sp³-hybridized carbons (Fsp3) is 0.0833. The maximum atomic E-state index is 11.8. The number of rotatable bonds is 4. The molecule has 0 radical (unpaired) electrons. The molecule has 0 aliphatic rings. The lowest BCUT2D eigenvalue weighted by Gasteiger charge is -2.02.